The van der Waals surface area contributed by atoms with Crippen molar-refractivity contribution >= 4 is 44.6 Å². The van der Waals surface area contributed by atoms with Crippen molar-refractivity contribution in [2.24, 2.45) is 0 Å². The smallest absolute Gasteiger partial charge is 0.416 e. The van der Waals surface area contributed by atoms with Gasteiger partial charge in [0.25, 0.3) is 0 Å². The van der Waals surface area contributed by atoms with Gasteiger partial charge in [-0.25, -0.2) is 14.8 Å². The minimum Gasteiger partial charge on any atom is -0.465 e. The Morgan fingerprint density at radius 2 is 1.95 bits per heavy atom. The lowest BCUT2D eigenvalue weighted by Gasteiger charge is -2.31. The number of para-hydroxylation sites is 1. The van der Waals surface area contributed by atoms with Crippen LogP contribution in [-0.2, 0) is 15.7 Å². The van der Waals surface area contributed by atoms with E-state index in [-0.39, 0.29) is 49.7 Å². The van der Waals surface area contributed by atoms with Gasteiger partial charge in [0.05, 0.1) is 35.2 Å². The van der Waals surface area contributed by atoms with Crippen molar-refractivity contribution in [3.05, 3.63) is 54.1 Å². The van der Waals surface area contributed by atoms with Crippen LogP contribution in [0, 0.1) is 0 Å². The third kappa shape index (κ3) is 6.81. The predicted molar refractivity (Wildman–Crippen MR) is 144 cm³/mol. The van der Waals surface area contributed by atoms with Crippen LogP contribution in [0.25, 0.3) is 21.5 Å². The molecule has 214 valence electrons. The van der Waals surface area contributed by atoms with E-state index in [4.69, 9.17) is 9.47 Å². The van der Waals surface area contributed by atoms with Crippen LogP contribution in [0.15, 0.2) is 48.5 Å². The normalized spacial score (nSPS) is 15.5. The number of fused-ring (bicyclic) bond motifs is 1. The van der Waals surface area contributed by atoms with Crippen molar-refractivity contribution in [2.45, 2.75) is 19.2 Å². The molecule has 15 heteroatoms. The number of hydrogen-bond acceptors (Lipinski definition) is 9. The van der Waals surface area contributed by atoms with Crippen molar-refractivity contribution in [3.63, 3.8) is 0 Å². The number of benzene rings is 2. The maximum atomic E-state index is 13.1. The molecule has 3 N–H and O–H groups in total. The number of ether oxygens (including phenoxy) is 2. The molecular weight excluding hydrogens is 565 g/mol. The molecule has 2 amide bonds. The number of alkyl halides is 3. The van der Waals surface area contributed by atoms with E-state index >= 15 is 0 Å². The molecule has 4 aromatic rings. The number of anilines is 2. The van der Waals surface area contributed by atoms with Crippen LogP contribution in [0.2, 0.25) is 0 Å². The minimum absolute atomic E-state index is 0.0794. The molecular formula is C26H23F3N6O5S. The highest BCUT2D eigenvalue weighted by Gasteiger charge is 2.30. The van der Waals surface area contributed by atoms with Gasteiger partial charge in [-0.1, -0.05) is 29.5 Å². The zero-order valence-corrected chi connectivity index (χ0v) is 22.3. The molecule has 1 saturated heterocycles. The number of thiazole rings is 1. The van der Waals surface area contributed by atoms with E-state index in [0.717, 1.165) is 16.8 Å². The fraction of sp³-hybridized carbons (Fsp3) is 0.269. The highest BCUT2D eigenvalue weighted by Crippen LogP contribution is 2.36. The maximum Gasteiger partial charge on any atom is 0.416 e. The number of carbonyl (C=O) groups excluding carboxylic acids is 1. The molecule has 3 heterocycles. The summed E-state index contributed by atoms with van der Waals surface area (Å²) in [6.07, 6.45) is -6.01. The molecule has 2 aromatic carbocycles. The van der Waals surface area contributed by atoms with Crippen LogP contribution in [0.1, 0.15) is 12.5 Å². The van der Waals surface area contributed by atoms with Gasteiger partial charge in [0.2, 0.25) is 17.7 Å². The average Bonchev–Trinajstić information content (AvgIpc) is 3.34. The summed E-state index contributed by atoms with van der Waals surface area (Å²) in [5, 5.41) is 15.3. The lowest BCUT2D eigenvalue weighted by Crippen LogP contribution is -2.47. The minimum atomic E-state index is -4.49. The van der Waals surface area contributed by atoms with Crippen LogP contribution in [0.5, 0.6) is 11.6 Å². The van der Waals surface area contributed by atoms with Crippen LogP contribution in [-0.4, -0.2) is 69.3 Å². The van der Waals surface area contributed by atoms with E-state index in [2.05, 4.69) is 25.6 Å². The molecule has 0 saturated carbocycles. The molecule has 1 aliphatic heterocycles. The molecule has 11 nitrogen and oxygen atoms in total. The second-order valence-corrected chi connectivity index (χ2v) is 10.0. The number of morpholine rings is 1. The largest absolute Gasteiger partial charge is 0.465 e. The van der Waals surface area contributed by atoms with E-state index < -0.39 is 23.9 Å². The van der Waals surface area contributed by atoms with Crippen LogP contribution >= 0.6 is 11.3 Å². The first-order chi connectivity index (χ1) is 19.5. The summed E-state index contributed by atoms with van der Waals surface area (Å²) < 4.78 is 51.8. The molecule has 1 fully saturated rings. The third-order valence-corrected chi connectivity index (χ3v) is 6.92. The summed E-state index contributed by atoms with van der Waals surface area (Å²) in [5.74, 6) is 0.243. The van der Waals surface area contributed by atoms with E-state index in [1.165, 1.54) is 41.4 Å². The number of aromatic nitrogens is 3. The number of halogens is 3. The molecule has 0 spiro atoms. The first kappa shape index (κ1) is 28.0. The van der Waals surface area contributed by atoms with Gasteiger partial charge in [0, 0.05) is 31.6 Å². The zero-order valence-electron chi connectivity index (χ0n) is 21.4. The summed E-state index contributed by atoms with van der Waals surface area (Å²) in [5.41, 5.74) is 0.356. The Bertz CT molecular complexity index is 1580. The number of rotatable bonds is 7. The van der Waals surface area contributed by atoms with E-state index in [9.17, 15) is 27.9 Å². The van der Waals surface area contributed by atoms with E-state index in [1.54, 1.807) is 12.1 Å². The Morgan fingerprint density at radius 3 is 2.66 bits per heavy atom. The molecule has 0 aliphatic carbocycles. The fourth-order valence-corrected chi connectivity index (χ4v) is 5.01. The Kier molecular flexibility index (Phi) is 7.90. The summed E-state index contributed by atoms with van der Waals surface area (Å²) in [6, 6.07) is 11.2. The lowest BCUT2D eigenvalue weighted by molar-refractivity contribution is -0.137. The van der Waals surface area contributed by atoms with Crippen molar-refractivity contribution in [1.82, 2.24) is 19.9 Å². The molecule has 1 aliphatic rings. The van der Waals surface area contributed by atoms with Gasteiger partial charge in [-0.15, -0.1) is 0 Å². The van der Waals surface area contributed by atoms with Gasteiger partial charge in [-0.2, -0.15) is 18.2 Å². The van der Waals surface area contributed by atoms with Gasteiger partial charge in [-0.05, 0) is 24.3 Å². The second-order valence-electron chi connectivity index (χ2n) is 9.00. The fourth-order valence-electron chi connectivity index (χ4n) is 4.08. The molecule has 1 atom stereocenters. The first-order valence-electron chi connectivity index (χ1n) is 12.3. The summed E-state index contributed by atoms with van der Waals surface area (Å²) in [4.78, 5) is 37.3. The van der Waals surface area contributed by atoms with Crippen molar-refractivity contribution < 1.29 is 37.3 Å². The number of nitrogens with zero attached hydrogens (tertiary/aromatic N) is 4. The SMILES string of the molecule is CC(=O)Nc1nc2c(Oc3cc(-c4ccc(C(F)(F)F)cc4)nc(NC[C@@H]4CN(C(=O)O)CCO4)n3)cccc2s1. The number of hydrogen-bond donors (Lipinski definition) is 3. The monoisotopic (exact) mass is 588 g/mol. The molecule has 0 bridgehead atoms. The third-order valence-electron chi connectivity index (χ3n) is 5.99. The summed E-state index contributed by atoms with van der Waals surface area (Å²) >= 11 is 1.26. The van der Waals surface area contributed by atoms with Gasteiger partial charge in [0.15, 0.2) is 10.9 Å². The van der Waals surface area contributed by atoms with Crippen molar-refractivity contribution in [2.75, 3.05) is 36.9 Å². The predicted octanol–water partition coefficient (Wildman–Crippen LogP) is 5.31. The highest BCUT2D eigenvalue weighted by atomic mass is 32.1. The summed E-state index contributed by atoms with van der Waals surface area (Å²) in [7, 11) is 0. The van der Waals surface area contributed by atoms with E-state index in [0.29, 0.717) is 22.0 Å². The molecule has 5 rings (SSSR count). The number of carbonyl (C=O) groups is 2. The van der Waals surface area contributed by atoms with Gasteiger partial charge in [-0.3, -0.25) is 4.79 Å². The standard InChI is InChI=1S/C26H23F3N6O5S/c1-14(36)31-24-34-22-19(3-2-4-20(22)41-24)40-21-11-18(15-5-7-16(8-6-15)26(27,28)29)32-23(33-21)30-12-17-13-35(25(37)38)9-10-39-17/h2-8,11,17H,9-10,12-13H2,1H3,(H,37,38)(H,30,32,33)(H,31,34,36)/t17-/m1/s1. The van der Waals surface area contributed by atoms with E-state index in [1.807, 2.05) is 6.07 Å². The Labute approximate surface area is 235 Å². The molecule has 41 heavy (non-hydrogen) atoms. The van der Waals surface area contributed by atoms with Gasteiger partial charge < -0.3 is 30.1 Å². The number of carboxylic acid groups (broad SMARTS) is 1. The summed E-state index contributed by atoms with van der Waals surface area (Å²) in [6.45, 7) is 2.18. The van der Waals surface area contributed by atoms with Gasteiger partial charge in [0.1, 0.15) is 5.52 Å². The van der Waals surface area contributed by atoms with Crippen molar-refractivity contribution in [1.29, 1.82) is 0 Å². The average molecular weight is 589 g/mol. The topological polar surface area (TPSA) is 139 Å². The Morgan fingerprint density at radius 1 is 1.17 bits per heavy atom. The van der Waals surface area contributed by atoms with Crippen LogP contribution in [0.4, 0.5) is 29.0 Å². The lowest BCUT2D eigenvalue weighted by atomic mass is 10.1. The molecule has 2 aromatic heterocycles. The Hall–Kier alpha value is -4.50. The molecule has 0 radical (unpaired) electrons. The van der Waals surface area contributed by atoms with Crippen LogP contribution in [0.3, 0.4) is 0 Å². The second kappa shape index (κ2) is 11.5. The van der Waals surface area contributed by atoms with Gasteiger partial charge >= 0.3 is 12.3 Å². The highest BCUT2D eigenvalue weighted by molar-refractivity contribution is 7.22. The maximum absolute atomic E-state index is 13.1. The quantitative estimate of drug-likeness (QED) is 0.262. The zero-order chi connectivity index (χ0) is 29.1. The Balaban J connectivity index is 1.45. The number of amides is 2. The molecule has 0 unspecified atom stereocenters. The number of nitrogens with one attached hydrogen (secondary N) is 2. The van der Waals surface area contributed by atoms with Crippen molar-refractivity contribution in [3.8, 4) is 22.9 Å². The first-order valence-corrected chi connectivity index (χ1v) is 13.1. The van der Waals surface area contributed by atoms with Crippen LogP contribution < -0.4 is 15.4 Å².